The topological polar surface area (TPSA) is 49.3 Å². The molecule has 1 heterocycles. The normalized spacial score (nSPS) is 25.5. The molecule has 1 unspecified atom stereocenters. The van der Waals surface area contributed by atoms with E-state index in [2.05, 4.69) is 5.32 Å². The van der Waals surface area contributed by atoms with Crippen LogP contribution < -0.4 is 5.32 Å². The van der Waals surface area contributed by atoms with Crippen molar-refractivity contribution in [3.63, 3.8) is 0 Å². The van der Waals surface area contributed by atoms with Gasteiger partial charge >= 0.3 is 5.97 Å². The number of benzene rings is 1. The van der Waals surface area contributed by atoms with Gasteiger partial charge in [-0.15, -0.1) is 0 Å². The highest BCUT2D eigenvalue weighted by Crippen LogP contribution is 2.22. The highest BCUT2D eigenvalue weighted by atomic mass is 16.4. The second kappa shape index (κ2) is 3.10. The summed E-state index contributed by atoms with van der Waals surface area (Å²) in [6.07, 6.45) is 0.554. The van der Waals surface area contributed by atoms with E-state index in [1.54, 1.807) is 6.92 Å². The molecule has 0 radical (unpaired) electrons. The lowest BCUT2D eigenvalue weighted by atomic mass is 9.86. The molecule has 14 heavy (non-hydrogen) atoms. The van der Waals surface area contributed by atoms with Gasteiger partial charge in [-0.2, -0.15) is 0 Å². The summed E-state index contributed by atoms with van der Waals surface area (Å²) in [5.74, 6) is -0.785. The zero-order valence-electron chi connectivity index (χ0n) is 8.08. The summed E-state index contributed by atoms with van der Waals surface area (Å²) in [6, 6.07) is 7.96. The Hall–Kier alpha value is -1.35. The molecule has 1 aliphatic heterocycles. The maximum absolute atomic E-state index is 11.0. The highest BCUT2D eigenvalue weighted by Gasteiger charge is 2.36. The van der Waals surface area contributed by atoms with E-state index in [4.69, 9.17) is 5.11 Å². The number of fused-ring (bicyclic) bond motifs is 1. The van der Waals surface area contributed by atoms with Gasteiger partial charge in [-0.05, 0) is 18.1 Å². The molecule has 0 spiro atoms. The van der Waals surface area contributed by atoms with E-state index >= 15 is 0 Å². The van der Waals surface area contributed by atoms with Crippen molar-refractivity contribution < 1.29 is 9.90 Å². The van der Waals surface area contributed by atoms with Gasteiger partial charge in [0, 0.05) is 13.0 Å². The first-order valence-electron chi connectivity index (χ1n) is 4.67. The Balaban J connectivity index is 2.34. The molecule has 0 saturated heterocycles. The van der Waals surface area contributed by atoms with E-state index in [9.17, 15) is 4.79 Å². The smallest absolute Gasteiger partial charge is 0.323 e. The average molecular weight is 191 g/mol. The number of rotatable bonds is 1. The van der Waals surface area contributed by atoms with Gasteiger partial charge in [0.15, 0.2) is 0 Å². The van der Waals surface area contributed by atoms with Gasteiger partial charge in [-0.25, -0.2) is 0 Å². The summed E-state index contributed by atoms with van der Waals surface area (Å²) >= 11 is 0. The third kappa shape index (κ3) is 1.40. The summed E-state index contributed by atoms with van der Waals surface area (Å²) in [5.41, 5.74) is 1.52. The van der Waals surface area contributed by atoms with E-state index in [0.717, 1.165) is 5.56 Å². The third-order valence-corrected chi connectivity index (χ3v) is 2.80. The minimum absolute atomic E-state index is 0.554. The first kappa shape index (κ1) is 9.21. The Morgan fingerprint density at radius 1 is 1.43 bits per heavy atom. The molecule has 0 amide bonds. The fourth-order valence-electron chi connectivity index (χ4n) is 1.79. The van der Waals surface area contributed by atoms with E-state index in [-0.39, 0.29) is 0 Å². The van der Waals surface area contributed by atoms with Crippen LogP contribution in [0, 0.1) is 0 Å². The molecule has 0 aromatic heterocycles. The highest BCUT2D eigenvalue weighted by molar-refractivity contribution is 5.79. The van der Waals surface area contributed by atoms with Gasteiger partial charge < -0.3 is 5.11 Å². The van der Waals surface area contributed by atoms with Gasteiger partial charge in [0.2, 0.25) is 0 Å². The fourth-order valence-corrected chi connectivity index (χ4v) is 1.79. The van der Waals surface area contributed by atoms with Crippen molar-refractivity contribution in [3.8, 4) is 0 Å². The number of carboxylic acid groups (broad SMARTS) is 1. The monoisotopic (exact) mass is 191 g/mol. The second-order valence-electron chi connectivity index (χ2n) is 3.94. The molecule has 2 N–H and O–H groups in total. The predicted octanol–water partition coefficient (Wildman–Crippen LogP) is 1.18. The average Bonchev–Trinajstić information content (AvgIpc) is 2.17. The second-order valence-corrected chi connectivity index (χ2v) is 3.94. The number of nitrogens with one attached hydrogen (secondary N) is 1. The molecule has 0 fully saturated rings. The molecule has 3 nitrogen and oxygen atoms in total. The summed E-state index contributed by atoms with van der Waals surface area (Å²) in [6.45, 7) is 2.37. The Bertz CT molecular complexity index is 375. The Labute approximate surface area is 82.8 Å². The van der Waals surface area contributed by atoms with Crippen LogP contribution in [-0.2, 0) is 17.8 Å². The number of aliphatic carboxylic acids is 1. The van der Waals surface area contributed by atoms with Crippen LogP contribution in [0.2, 0.25) is 0 Å². The number of carboxylic acids is 1. The minimum Gasteiger partial charge on any atom is -0.480 e. The van der Waals surface area contributed by atoms with Crippen LogP contribution in [0.3, 0.4) is 0 Å². The summed E-state index contributed by atoms with van der Waals surface area (Å²) in [7, 11) is 0. The van der Waals surface area contributed by atoms with Crippen LogP contribution in [-0.4, -0.2) is 16.6 Å². The Morgan fingerprint density at radius 3 is 2.71 bits per heavy atom. The van der Waals surface area contributed by atoms with Crippen molar-refractivity contribution in [2.24, 2.45) is 0 Å². The van der Waals surface area contributed by atoms with Crippen LogP contribution in [0.1, 0.15) is 18.1 Å². The van der Waals surface area contributed by atoms with Gasteiger partial charge in [-0.3, -0.25) is 10.1 Å². The van der Waals surface area contributed by atoms with Crippen molar-refractivity contribution in [2.75, 3.05) is 0 Å². The number of carbonyl (C=O) groups is 1. The lowest BCUT2D eigenvalue weighted by molar-refractivity contribution is -0.144. The van der Waals surface area contributed by atoms with Crippen LogP contribution in [0.5, 0.6) is 0 Å². The van der Waals surface area contributed by atoms with Crippen molar-refractivity contribution in [3.05, 3.63) is 35.4 Å². The molecular formula is C11H13NO2. The lowest BCUT2D eigenvalue weighted by Gasteiger charge is -2.32. The van der Waals surface area contributed by atoms with E-state index in [1.165, 1.54) is 5.56 Å². The maximum Gasteiger partial charge on any atom is 0.323 e. The van der Waals surface area contributed by atoms with Gasteiger partial charge in [0.25, 0.3) is 0 Å². The summed E-state index contributed by atoms with van der Waals surface area (Å²) in [5, 5.41) is 12.1. The van der Waals surface area contributed by atoms with E-state index in [0.29, 0.717) is 13.0 Å². The van der Waals surface area contributed by atoms with Crippen LogP contribution in [0.4, 0.5) is 0 Å². The fraction of sp³-hybridized carbons (Fsp3) is 0.364. The number of hydrogen-bond donors (Lipinski definition) is 2. The molecule has 0 saturated carbocycles. The van der Waals surface area contributed by atoms with Crippen LogP contribution in [0.25, 0.3) is 0 Å². The molecular weight excluding hydrogens is 178 g/mol. The van der Waals surface area contributed by atoms with Crippen LogP contribution >= 0.6 is 0 Å². The van der Waals surface area contributed by atoms with Gasteiger partial charge in [0.1, 0.15) is 5.54 Å². The van der Waals surface area contributed by atoms with Crippen LogP contribution in [0.15, 0.2) is 24.3 Å². The first-order valence-corrected chi connectivity index (χ1v) is 4.67. The Morgan fingerprint density at radius 2 is 2.07 bits per heavy atom. The van der Waals surface area contributed by atoms with E-state index < -0.39 is 11.5 Å². The van der Waals surface area contributed by atoms with Crippen molar-refractivity contribution >= 4 is 5.97 Å². The molecule has 1 atom stereocenters. The summed E-state index contributed by atoms with van der Waals surface area (Å²) < 4.78 is 0. The lowest BCUT2D eigenvalue weighted by Crippen LogP contribution is -2.53. The first-order chi connectivity index (χ1) is 6.62. The molecule has 74 valence electrons. The summed E-state index contributed by atoms with van der Waals surface area (Å²) in [4.78, 5) is 11.0. The van der Waals surface area contributed by atoms with Gasteiger partial charge in [0.05, 0.1) is 0 Å². The number of hydrogen-bond acceptors (Lipinski definition) is 2. The zero-order chi connectivity index (χ0) is 10.2. The SMILES string of the molecule is CC1(C(=O)O)Cc2ccccc2CN1. The Kier molecular flexibility index (Phi) is 2.04. The predicted molar refractivity (Wildman–Crippen MR) is 53.0 cm³/mol. The minimum atomic E-state index is -0.811. The zero-order valence-corrected chi connectivity index (χ0v) is 8.08. The maximum atomic E-state index is 11.0. The molecule has 2 rings (SSSR count). The quantitative estimate of drug-likeness (QED) is 0.700. The molecule has 0 aliphatic carbocycles. The molecule has 0 bridgehead atoms. The molecule has 3 heteroatoms. The molecule has 1 aromatic carbocycles. The van der Waals surface area contributed by atoms with Crippen molar-refractivity contribution in [2.45, 2.75) is 25.4 Å². The standard InChI is InChI=1S/C11H13NO2/c1-11(10(13)14)6-8-4-2-3-5-9(8)7-12-11/h2-5,12H,6-7H2,1H3,(H,13,14). The van der Waals surface area contributed by atoms with E-state index in [1.807, 2.05) is 24.3 Å². The van der Waals surface area contributed by atoms with Gasteiger partial charge in [-0.1, -0.05) is 24.3 Å². The molecule has 1 aromatic rings. The largest absolute Gasteiger partial charge is 0.480 e. The van der Waals surface area contributed by atoms with Crippen molar-refractivity contribution in [1.82, 2.24) is 5.32 Å². The van der Waals surface area contributed by atoms with Crippen molar-refractivity contribution in [1.29, 1.82) is 0 Å². The molecule has 1 aliphatic rings. The third-order valence-electron chi connectivity index (χ3n) is 2.80.